The summed E-state index contributed by atoms with van der Waals surface area (Å²) in [5.41, 5.74) is 5.57. The molecule has 0 fully saturated rings. The van der Waals surface area contributed by atoms with Crippen molar-refractivity contribution in [1.82, 2.24) is 0 Å². The van der Waals surface area contributed by atoms with Crippen LogP contribution in [0.1, 0.15) is 40.5 Å². The Labute approximate surface area is 138 Å². The van der Waals surface area contributed by atoms with Crippen molar-refractivity contribution >= 4 is 0 Å². The molecule has 0 radical (unpaired) electrons. The van der Waals surface area contributed by atoms with Gasteiger partial charge in [0, 0.05) is 0 Å². The van der Waals surface area contributed by atoms with Gasteiger partial charge in [-0.1, -0.05) is 19.3 Å². The van der Waals surface area contributed by atoms with E-state index in [2.05, 4.69) is 52.0 Å². The van der Waals surface area contributed by atoms with Gasteiger partial charge in [0.15, 0.2) is 0 Å². The first-order chi connectivity index (χ1) is 7.03. The van der Waals surface area contributed by atoms with Gasteiger partial charge in [0.1, 0.15) is 0 Å². The summed E-state index contributed by atoms with van der Waals surface area (Å²) in [4.78, 5) is 0. The van der Waals surface area contributed by atoms with Crippen LogP contribution in [0.25, 0.3) is 0 Å². The van der Waals surface area contributed by atoms with Crippen molar-refractivity contribution in [3.8, 4) is 0 Å². The summed E-state index contributed by atoms with van der Waals surface area (Å²) < 4.78 is 0. The van der Waals surface area contributed by atoms with Gasteiger partial charge in [0.2, 0.25) is 0 Å². The van der Waals surface area contributed by atoms with Gasteiger partial charge in [0.25, 0.3) is 0 Å². The molecule has 0 unspecified atom stereocenters. The molecule has 0 N–H and O–H groups in total. The smallest absolute Gasteiger partial charge is 1.00 e. The van der Waals surface area contributed by atoms with Gasteiger partial charge >= 0.3 is 21.7 Å². The molecule has 0 spiro atoms. The fraction of sp³-hybridized carbons (Fsp3) is 0.467. The first-order valence-electron chi connectivity index (χ1n) is 5.60. The second-order valence-electron chi connectivity index (χ2n) is 4.91. The van der Waals surface area contributed by atoms with Crippen molar-refractivity contribution in [2.45, 2.75) is 40.5 Å². The molecule has 0 saturated carbocycles. The summed E-state index contributed by atoms with van der Waals surface area (Å²) in [6, 6.07) is 0. The Bertz CT molecular complexity index is 374. The SMILES string of the molecule is CC1=CC[C-]=C1C(C)(C)C1=[C-]CC=C1C.[Cl-].[Cl-].[Ti+4]. The molecule has 0 aromatic rings. The molecule has 2 rings (SSSR count). The molecule has 0 atom stereocenters. The maximum atomic E-state index is 3.48. The summed E-state index contributed by atoms with van der Waals surface area (Å²) in [6.45, 7) is 8.93. The summed E-state index contributed by atoms with van der Waals surface area (Å²) in [5, 5.41) is 0. The molecule has 18 heavy (non-hydrogen) atoms. The van der Waals surface area contributed by atoms with E-state index in [1.54, 1.807) is 0 Å². The predicted octanol–water partition coefficient (Wildman–Crippen LogP) is -1.82. The molecular weight excluding hydrogens is 299 g/mol. The molecule has 3 heteroatoms. The van der Waals surface area contributed by atoms with E-state index < -0.39 is 0 Å². The standard InChI is InChI=1S/C15H18.2ClH.Ti/c1-11-7-5-9-13(11)15(3,4)14-10-6-8-12(14)2;;;/h7-8H,5-6H2,1-4H3;2*1H;/q-2;;;+4/p-2. The normalized spacial score (nSPS) is 17.6. The average molecular weight is 317 g/mol. The number of halogens is 2. The monoisotopic (exact) mass is 316 g/mol. The molecule has 0 amide bonds. The van der Waals surface area contributed by atoms with Crippen LogP contribution in [0.15, 0.2) is 34.4 Å². The third kappa shape index (κ3) is 3.64. The Hall–Kier alpha value is 0.254. The quantitative estimate of drug-likeness (QED) is 0.416. The zero-order chi connectivity index (χ0) is 11.1. The Balaban J connectivity index is 0. The van der Waals surface area contributed by atoms with Crippen LogP contribution in [-0.2, 0) is 21.7 Å². The molecular formula is C15H18Cl2Ti. The summed E-state index contributed by atoms with van der Waals surface area (Å²) >= 11 is 0. The van der Waals surface area contributed by atoms with Crippen molar-refractivity contribution in [3.63, 3.8) is 0 Å². The van der Waals surface area contributed by atoms with Crippen molar-refractivity contribution < 1.29 is 46.5 Å². The molecule has 2 aliphatic rings. The van der Waals surface area contributed by atoms with Crippen molar-refractivity contribution in [2.75, 3.05) is 0 Å². The first-order valence-corrected chi connectivity index (χ1v) is 5.60. The molecule has 0 aliphatic heterocycles. The van der Waals surface area contributed by atoms with Gasteiger partial charge < -0.3 is 24.8 Å². The van der Waals surface area contributed by atoms with Crippen LogP contribution in [0, 0.1) is 17.6 Å². The summed E-state index contributed by atoms with van der Waals surface area (Å²) in [7, 11) is 0. The Morgan fingerprint density at radius 2 is 1.22 bits per heavy atom. The van der Waals surface area contributed by atoms with Crippen LogP contribution in [0.2, 0.25) is 0 Å². The third-order valence-corrected chi connectivity index (χ3v) is 3.41. The van der Waals surface area contributed by atoms with Crippen molar-refractivity contribution in [2.24, 2.45) is 5.41 Å². The third-order valence-electron chi connectivity index (χ3n) is 3.41. The maximum Gasteiger partial charge on any atom is 4.00 e. The second kappa shape index (κ2) is 7.75. The van der Waals surface area contributed by atoms with Crippen molar-refractivity contribution in [1.29, 1.82) is 0 Å². The first kappa shape index (κ1) is 20.6. The summed E-state index contributed by atoms with van der Waals surface area (Å²) in [6.07, 6.45) is 13.4. The van der Waals surface area contributed by atoms with E-state index in [1.807, 2.05) is 0 Å². The van der Waals surface area contributed by atoms with E-state index in [1.165, 1.54) is 22.3 Å². The van der Waals surface area contributed by atoms with E-state index in [-0.39, 0.29) is 51.9 Å². The van der Waals surface area contributed by atoms with E-state index in [0.29, 0.717) is 0 Å². The molecule has 0 aromatic carbocycles. The minimum absolute atomic E-state index is 0. The van der Waals surface area contributed by atoms with E-state index in [9.17, 15) is 0 Å². The number of allylic oxidation sites excluding steroid dienone is 8. The van der Waals surface area contributed by atoms with Gasteiger partial charge in [0.05, 0.1) is 0 Å². The van der Waals surface area contributed by atoms with E-state index >= 15 is 0 Å². The molecule has 0 aromatic heterocycles. The van der Waals surface area contributed by atoms with Crippen LogP contribution in [0.5, 0.6) is 0 Å². The number of hydrogen-bond acceptors (Lipinski definition) is 0. The number of rotatable bonds is 2. The van der Waals surface area contributed by atoms with Crippen molar-refractivity contribution in [3.05, 3.63) is 46.6 Å². The molecule has 0 heterocycles. The fourth-order valence-corrected chi connectivity index (χ4v) is 2.65. The Morgan fingerprint density at radius 1 is 0.889 bits per heavy atom. The van der Waals surface area contributed by atoms with Gasteiger partial charge in [-0.05, 0) is 0 Å². The topological polar surface area (TPSA) is 0 Å². The fourth-order valence-electron chi connectivity index (χ4n) is 2.65. The van der Waals surface area contributed by atoms with Gasteiger partial charge in [-0.3, -0.25) is 12.2 Å². The van der Waals surface area contributed by atoms with Crippen LogP contribution >= 0.6 is 0 Å². The zero-order valence-electron chi connectivity index (χ0n) is 11.3. The van der Waals surface area contributed by atoms with Crippen LogP contribution in [0.4, 0.5) is 0 Å². The molecule has 2 aliphatic carbocycles. The minimum Gasteiger partial charge on any atom is -1.00 e. The number of hydrogen-bond donors (Lipinski definition) is 0. The Kier molecular flexibility index (Phi) is 8.86. The molecule has 96 valence electrons. The predicted molar refractivity (Wildman–Crippen MR) is 64.0 cm³/mol. The van der Waals surface area contributed by atoms with Gasteiger partial charge in [-0.25, -0.2) is 22.3 Å². The van der Waals surface area contributed by atoms with Crippen LogP contribution in [0.3, 0.4) is 0 Å². The second-order valence-corrected chi connectivity index (χ2v) is 4.91. The van der Waals surface area contributed by atoms with Crippen LogP contribution < -0.4 is 24.8 Å². The minimum atomic E-state index is 0. The zero-order valence-corrected chi connectivity index (χ0v) is 14.4. The molecule has 0 bridgehead atoms. The van der Waals surface area contributed by atoms with Gasteiger partial charge in [-0.15, -0.1) is 26.7 Å². The summed E-state index contributed by atoms with van der Waals surface area (Å²) in [5.74, 6) is 0. The van der Waals surface area contributed by atoms with Crippen LogP contribution in [-0.4, -0.2) is 0 Å². The van der Waals surface area contributed by atoms with Gasteiger partial charge in [-0.2, -0.15) is 12.2 Å². The largest absolute Gasteiger partial charge is 4.00 e. The van der Waals surface area contributed by atoms with E-state index in [4.69, 9.17) is 0 Å². The average Bonchev–Trinajstić information content (AvgIpc) is 2.73. The maximum absolute atomic E-state index is 3.48. The Morgan fingerprint density at radius 3 is 1.44 bits per heavy atom. The molecule has 0 nitrogen and oxygen atoms in total. The van der Waals surface area contributed by atoms with E-state index in [0.717, 1.165) is 12.8 Å². The molecule has 0 saturated heterocycles.